The van der Waals surface area contributed by atoms with E-state index in [-0.39, 0.29) is 0 Å². The third kappa shape index (κ3) is 4.07. The molecule has 15 heavy (non-hydrogen) atoms. The number of piperazine rings is 1. The van der Waals surface area contributed by atoms with Crippen molar-refractivity contribution in [1.29, 1.82) is 0 Å². The summed E-state index contributed by atoms with van der Waals surface area (Å²) in [4.78, 5) is 2.53. The molecule has 2 N–H and O–H groups in total. The lowest BCUT2D eigenvalue weighted by Gasteiger charge is -2.29. The van der Waals surface area contributed by atoms with Gasteiger partial charge in [-0.3, -0.25) is 4.90 Å². The van der Waals surface area contributed by atoms with Crippen LogP contribution in [0.4, 0.5) is 0 Å². The second-order valence-corrected chi connectivity index (χ2v) is 4.43. The van der Waals surface area contributed by atoms with Crippen molar-refractivity contribution >= 4 is 0 Å². The van der Waals surface area contributed by atoms with Crippen molar-refractivity contribution in [1.82, 2.24) is 15.5 Å². The van der Waals surface area contributed by atoms with E-state index >= 15 is 0 Å². The Morgan fingerprint density at radius 3 is 2.67 bits per heavy atom. The lowest BCUT2D eigenvalue weighted by molar-refractivity contribution is 0.0771. The first-order chi connectivity index (χ1) is 7.45. The van der Waals surface area contributed by atoms with E-state index in [9.17, 15) is 0 Å². The summed E-state index contributed by atoms with van der Waals surface area (Å²) in [6.07, 6.45) is 2.36. The molecule has 2 aliphatic rings. The number of nitrogens with zero attached hydrogens (tertiary/aromatic N) is 1. The predicted molar refractivity (Wildman–Crippen MR) is 61.2 cm³/mol. The van der Waals surface area contributed by atoms with Gasteiger partial charge in [-0.25, -0.2) is 0 Å². The molecule has 0 unspecified atom stereocenters. The predicted octanol–water partition coefficient (Wildman–Crippen LogP) is -0.340. The molecule has 2 fully saturated rings. The van der Waals surface area contributed by atoms with E-state index in [1.54, 1.807) is 0 Å². The summed E-state index contributed by atoms with van der Waals surface area (Å²) >= 11 is 0. The summed E-state index contributed by atoms with van der Waals surface area (Å²) in [7, 11) is 0. The van der Waals surface area contributed by atoms with Gasteiger partial charge >= 0.3 is 0 Å². The molecule has 0 radical (unpaired) electrons. The molecular formula is C11H23N3O. The van der Waals surface area contributed by atoms with E-state index < -0.39 is 0 Å². The van der Waals surface area contributed by atoms with Gasteiger partial charge in [0.05, 0.1) is 0 Å². The van der Waals surface area contributed by atoms with Crippen molar-refractivity contribution in [2.75, 3.05) is 52.5 Å². The number of hydrogen-bond acceptors (Lipinski definition) is 4. The molecule has 4 nitrogen and oxygen atoms in total. The quantitative estimate of drug-likeness (QED) is 0.670. The number of nitrogens with one attached hydrogen (secondary N) is 2. The first-order valence-electron chi connectivity index (χ1n) is 6.19. The van der Waals surface area contributed by atoms with Crippen LogP contribution in [0.3, 0.4) is 0 Å². The van der Waals surface area contributed by atoms with Gasteiger partial charge in [-0.15, -0.1) is 0 Å². The van der Waals surface area contributed by atoms with E-state index in [4.69, 9.17) is 4.74 Å². The van der Waals surface area contributed by atoms with Crippen LogP contribution in [0.5, 0.6) is 0 Å². The van der Waals surface area contributed by atoms with Gasteiger partial charge in [0, 0.05) is 58.5 Å². The van der Waals surface area contributed by atoms with Crippen LogP contribution in [-0.2, 0) is 4.74 Å². The second-order valence-electron chi connectivity index (χ2n) is 4.43. The SMILES string of the molecule is C1CN(CCNC2CCOCC2)CCN1. The fourth-order valence-corrected chi connectivity index (χ4v) is 2.26. The van der Waals surface area contributed by atoms with Crippen LogP contribution >= 0.6 is 0 Å². The van der Waals surface area contributed by atoms with E-state index in [2.05, 4.69) is 15.5 Å². The topological polar surface area (TPSA) is 36.5 Å². The van der Waals surface area contributed by atoms with E-state index in [1.165, 1.54) is 32.5 Å². The Hall–Kier alpha value is -0.160. The molecule has 0 aliphatic carbocycles. The molecule has 0 bridgehead atoms. The van der Waals surface area contributed by atoms with Gasteiger partial charge in [0.1, 0.15) is 0 Å². The zero-order valence-corrected chi connectivity index (χ0v) is 9.50. The molecule has 2 saturated heterocycles. The van der Waals surface area contributed by atoms with E-state index in [0.717, 1.165) is 32.8 Å². The Labute approximate surface area is 92.4 Å². The minimum atomic E-state index is 0.696. The smallest absolute Gasteiger partial charge is 0.0480 e. The molecule has 0 spiro atoms. The largest absolute Gasteiger partial charge is 0.381 e. The third-order valence-corrected chi connectivity index (χ3v) is 3.29. The molecule has 2 heterocycles. The van der Waals surface area contributed by atoms with Gasteiger partial charge < -0.3 is 15.4 Å². The van der Waals surface area contributed by atoms with Crippen LogP contribution < -0.4 is 10.6 Å². The molecule has 0 saturated carbocycles. The van der Waals surface area contributed by atoms with Crippen molar-refractivity contribution in [3.8, 4) is 0 Å². The maximum absolute atomic E-state index is 5.34. The molecule has 0 aromatic rings. The van der Waals surface area contributed by atoms with Gasteiger partial charge in [0.25, 0.3) is 0 Å². The molecule has 0 aromatic carbocycles. The first-order valence-corrected chi connectivity index (χ1v) is 6.19. The second kappa shape index (κ2) is 6.43. The summed E-state index contributed by atoms with van der Waals surface area (Å²) in [5.41, 5.74) is 0. The van der Waals surface area contributed by atoms with Crippen LogP contribution in [0.2, 0.25) is 0 Å². The molecule has 0 atom stereocenters. The van der Waals surface area contributed by atoms with E-state index in [1.807, 2.05) is 0 Å². The maximum Gasteiger partial charge on any atom is 0.0480 e. The summed E-state index contributed by atoms with van der Waals surface area (Å²) < 4.78 is 5.34. The van der Waals surface area contributed by atoms with Gasteiger partial charge in [0.15, 0.2) is 0 Å². The Kier molecular flexibility index (Phi) is 4.86. The van der Waals surface area contributed by atoms with Crippen molar-refractivity contribution < 1.29 is 4.74 Å². The number of hydrogen-bond donors (Lipinski definition) is 2. The van der Waals surface area contributed by atoms with Crippen LogP contribution in [0.1, 0.15) is 12.8 Å². The molecule has 2 rings (SSSR count). The van der Waals surface area contributed by atoms with Crippen LogP contribution in [-0.4, -0.2) is 63.4 Å². The molecule has 0 amide bonds. The molecule has 4 heteroatoms. The molecule has 2 aliphatic heterocycles. The van der Waals surface area contributed by atoms with Crippen molar-refractivity contribution in [2.45, 2.75) is 18.9 Å². The maximum atomic E-state index is 5.34. The van der Waals surface area contributed by atoms with Crippen molar-refractivity contribution in [2.24, 2.45) is 0 Å². The fourth-order valence-electron chi connectivity index (χ4n) is 2.26. The third-order valence-electron chi connectivity index (χ3n) is 3.29. The Morgan fingerprint density at radius 1 is 1.20 bits per heavy atom. The fraction of sp³-hybridized carbons (Fsp3) is 1.00. The summed E-state index contributed by atoms with van der Waals surface area (Å²) in [5.74, 6) is 0. The normalized spacial score (nSPS) is 25.6. The average molecular weight is 213 g/mol. The molecule has 0 aromatic heterocycles. The number of ether oxygens (including phenoxy) is 1. The van der Waals surface area contributed by atoms with Crippen LogP contribution in [0, 0.1) is 0 Å². The highest BCUT2D eigenvalue weighted by atomic mass is 16.5. The van der Waals surface area contributed by atoms with Crippen molar-refractivity contribution in [3.05, 3.63) is 0 Å². The summed E-state index contributed by atoms with van der Waals surface area (Å²) in [6.45, 7) is 8.90. The first kappa shape index (κ1) is 11.3. The van der Waals surface area contributed by atoms with Gasteiger partial charge in [-0.1, -0.05) is 0 Å². The molecule has 88 valence electrons. The highest BCUT2D eigenvalue weighted by molar-refractivity contribution is 4.73. The van der Waals surface area contributed by atoms with Crippen LogP contribution in [0.15, 0.2) is 0 Å². The zero-order valence-electron chi connectivity index (χ0n) is 9.50. The van der Waals surface area contributed by atoms with Gasteiger partial charge in [-0.2, -0.15) is 0 Å². The number of rotatable bonds is 4. The summed E-state index contributed by atoms with van der Waals surface area (Å²) in [6, 6.07) is 0.696. The minimum absolute atomic E-state index is 0.696. The van der Waals surface area contributed by atoms with Gasteiger partial charge in [-0.05, 0) is 12.8 Å². The van der Waals surface area contributed by atoms with Gasteiger partial charge in [0.2, 0.25) is 0 Å². The Balaban J connectivity index is 1.53. The zero-order chi connectivity index (χ0) is 10.3. The summed E-state index contributed by atoms with van der Waals surface area (Å²) in [5, 5.41) is 7.00. The molecular weight excluding hydrogens is 190 g/mol. The van der Waals surface area contributed by atoms with Crippen molar-refractivity contribution in [3.63, 3.8) is 0 Å². The standard InChI is InChI=1S/C11H23N3O/c1-9-15-10-2-11(1)13-5-8-14-6-3-12-4-7-14/h11-13H,1-10H2. The lowest BCUT2D eigenvalue weighted by atomic mass is 10.1. The highest BCUT2D eigenvalue weighted by Crippen LogP contribution is 2.05. The Morgan fingerprint density at radius 2 is 1.93 bits per heavy atom. The monoisotopic (exact) mass is 213 g/mol. The van der Waals surface area contributed by atoms with E-state index in [0.29, 0.717) is 6.04 Å². The average Bonchev–Trinajstić information content (AvgIpc) is 2.32. The Bertz CT molecular complexity index is 147. The highest BCUT2D eigenvalue weighted by Gasteiger charge is 2.13. The van der Waals surface area contributed by atoms with Crippen LogP contribution in [0.25, 0.3) is 0 Å². The lowest BCUT2D eigenvalue weighted by Crippen LogP contribution is -2.47. The minimum Gasteiger partial charge on any atom is -0.381 e.